The zero-order chi connectivity index (χ0) is 14.4. The fraction of sp³-hybridized carbons (Fsp3) is 0.533. The van der Waals surface area contributed by atoms with Gasteiger partial charge in [-0.15, -0.1) is 0 Å². The van der Waals surface area contributed by atoms with Crippen LogP contribution in [0.5, 0.6) is 0 Å². The molecule has 19 heavy (non-hydrogen) atoms. The van der Waals surface area contributed by atoms with E-state index in [0.29, 0.717) is 12.6 Å². The Hall–Kier alpha value is -1.55. The van der Waals surface area contributed by atoms with Crippen molar-refractivity contribution in [1.29, 1.82) is 5.41 Å². The van der Waals surface area contributed by atoms with Gasteiger partial charge in [-0.2, -0.15) is 0 Å². The molecular formula is C15H25N3O. The first-order chi connectivity index (χ1) is 9.04. The first-order valence-corrected chi connectivity index (χ1v) is 6.87. The molecule has 0 radical (unpaired) electrons. The van der Waals surface area contributed by atoms with Gasteiger partial charge in [0.25, 0.3) is 0 Å². The predicted octanol–water partition coefficient (Wildman–Crippen LogP) is 2.27. The molecule has 0 aromatic heterocycles. The molecule has 0 amide bonds. The van der Waals surface area contributed by atoms with Crippen LogP contribution < -0.4 is 10.6 Å². The van der Waals surface area contributed by atoms with E-state index in [2.05, 4.69) is 18.7 Å². The van der Waals surface area contributed by atoms with Gasteiger partial charge in [0.05, 0.1) is 6.61 Å². The maximum atomic E-state index is 9.25. The summed E-state index contributed by atoms with van der Waals surface area (Å²) < 4.78 is 0. The molecule has 0 saturated heterocycles. The van der Waals surface area contributed by atoms with Gasteiger partial charge in [-0.1, -0.05) is 13.8 Å². The molecule has 0 heterocycles. The lowest BCUT2D eigenvalue weighted by Crippen LogP contribution is -2.36. The predicted molar refractivity (Wildman–Crippen MR) is 81.0 cm³/mol. The van der Waals surface area contributed by atoms with Gasteiger partial charge in [0, 0.05) is 23.8 Å². The number of anilines is 1. The Morgan fingerprint density at radius 3 is 2.42 bits per heavy atom. The standard InChI is InChI=1S/C15H25N3O/c1-4-12(5-2)18(8-9-19)13-6-7-14(15(16)17)11(3)10-13/h6-7,10,12,19H,4-5,8-9H2,1-3H3,(H3,16,17). The van der Waals surface area contributed by atoms with Crippen LogP contribution in [0.25, 0.3) is 0 Å². The van der Waals surface area contributed by atoms with E-state index in [9.17, 15) is 5.11 Å². The van der Waals surface area contributed by atoms with Gasteiger partial charge in [0.1, 0.15) is 5.84 Å². The topological polar surface area (TPSA) is 73.3 Å². The largest absolute Gasteiger partial charge is 0.395 e. The zero-order valence-corrected chi connectivity index (χ0v) is 12.1. The van der Waals surface area contributed by atoms with Crippen LogP contribution >= 0.6 is 0 Å². The molecule has 0 aliphatic rings. The molecule has 1 aromatic carbocycles. The molecule has 0 aliphatic heterocycles. The first-order valence-electron chi connectivity index (χ1n) is 6.87. The Labute approximate surface area is 115 Å². The van der Waals surface area contributed by atoms with Crippen molar-refractivity contribution >= 4 is 11.5 Å². The minimum atomic E-state index is 0.0975. The smallest absolute Gasteiger partial charge is 0.123 e. The van der Waals surface area contributed by atoms with Crippen molar-refractivity contribution in [2.75, 3.05) is 18.1 Å². The third-order valence-electron chi connectivity index (χ3n) is 3.56. The molecule has 4 heteroatoms. The Kier molecular flexibility index (Phi) is 5.83. The van der Waals surface area contributed by atoms with Gasteiger partial charge in [-0.3, -0.25) is 5.41 Å². The number of nitrogens with zero attached hydrogens (tertiary/aromatic N) is 1. The Morgan fingerprint density at radius 1 is 1.37 bits per heavy atom. The molecule has 0 saturated carbocycles. The van der Waals surface area contributed by atoms with Crippen LogP contribution in [-0.4, -0.2) is 30.1 Å². The van der Waals surface area contributed by atoms with Crippen LogP contribution in [0.2, 0.25) is 0 Å². The van der Waals surface area contributed by atoms with Crippen LogP contribution in [0.1, 0.15) is 37.8 Å². The van der Waals surface area contributed by atoms with Crippen molar-refractivity contribution in [1.82, 2.24) is 0 Å². The highest BCUT2D eigenvalue weighted by molar-refractivity contribution is 5.96. The van der Waals surface area contributed by atoms with E-state index in [1.54, 1.807) is 0 Å². The van der Waals surface area contributed by atoms with Gasteiger partial charge in [0.2, 0.25) is 0 Å². The molecule has 4 N–H and O–H groups in total. The summed E-state index contributed by atoms with van der Waals surface area (Å²) in [6.45, 7) is 7.06. The number of amidine groups is 1. The molecule has 0 aliphatic carbocycles. The lowest BCUT2D eigenvalue weighted by molar-refractivity contribution is 0.296. The highest BCUT2D eigenvalue weighted by Crippen LogP contribution is 2.23. The number of aliphatic hydroxyl groups excluding tert-OH is 1. The zero-order valence-electron chi connectivity index (χ0n) is 12.1. The number of nitrogens with two attached hydrogens (primary N) is 1. The van der Waals surface area contributed by atoms with Crippen LogP contribution in [0.4, 0.5) is 5.69 Å². The molecular weight excluding hydrogens is 238 g/mol. The second kappa shape index (κ2) is 7.14. The fourth-order valence-electron chi connectivity index (χ4n) is 2.49. The lowest BCUT2D eigenvalue weighted by atomic mass is 10.0. The minimum Gasteiger partial charge on any atom is -0.395 e. The van der Waals surface area contributed by atoms with E-state index >= 15 is 0 Å². The number of hydrogen-bond acceptors (Lipinski definition) is 3. The summed E-state index contributed by atoms with van der Waals surface area (Å²) in [6, 6.07) is 6.34. The van der Waals surface area contributed by atoms with Crippen LogP contribution in [0.15, 0.2) is 18.2 Å². The number of rotatable bonds is 7. The first kappa shape index (κ1) is 15.5. The molecule has 1 rings (SSSR count). The van der Waals surface area contributed by atoms with Crippen molar-refractivity contribution in [3.8, 4) is 0 Å². The minimum absolute atomic E-state index is 0.0975. The van der Waals surface area contributed by atoms with Crippen LogP contribution in [0.3, 0.4) is 0 Å². The van der Waals surface area contributed by atoms with E-state index < -0.39 is 0 Å². The number of hydrogen-bond donors (Lipinski definition) is 3. The summed E-state index contributed by atoms with van der Waals surface area (Å²) in [7, 11) is 0. The molecule has 0 atom stereocenters. The summed E-state index contributed by atoms with van der Waals surface area (Å²) >= 11 is 0. The average Bonchev–Trinajstić information content (AvgIpc) is 2.38. The maximum absolute atomic E-state index is 9.25. The molecule has 1 aromatic rings. The third kappa shape index (κ3) is 3.70. The number of nitrogens with one attached hydrogen (secondary N) is 1. The number of benzene rings is 1. The summed E-state index contributed by atoms with van der Waals surface area (Å²) in [5.74, 6) is 0.0975. The Balaban J connectivity index is 3.09. The van der Waals surface area contributed by atoms with Gasteiger partial charge in [-0.05, 0) is 43.5 Å². The second-order valence-electron chi connectivity index (χ2n) is 4.80. The molecule has 4 nitrogen and oxygen atoms in total. The second-order valence-corrected chi connectivity index (χ2v) is 4.80. The summed E-state index contributed by atoms with van der Waals surface area (Å²) in [4.78, 5) is 2.23. The highest BCUT2D eigenvalue weighted by Gasteiger charge is 2.16. The van der Waals surface area contributed by atoms with E-state index in [1.165, 1.54) is 0 Å². The molecule has 0 bridgehead atoms. The molecule has 0 spiro atoms. The molecule has 106 valence electrons. The van der Waals surface area contributed by atoms with Gasteiger partial charge in [0.15, 0.2) is 0 Å². The Bertz CT molecular complexity index is 427. The summed E-state index contributed by atoms with van der Waals surface area (Å²) in [5, 5.41) is 16.8. The van der Waals surface area contributed by atoms with E-state index in [1.807, 2.05) is 25.1 Å². The lowest BCUT2D eigenvalue weighted by Gasteiger charge is -2.32. The number of nitrogen functional groups attached to an aromatic ring is 1. The summed E-state index contributed by atoms with van der Waals surface area (Å²) in [5.41, 5.74) is 8.40. The van der Waals surface area contributed by atoms with Gasteiger partial charge in [-0.25, -0.2) is 0 Å². The number of aliphatic hydroxyl groups is 1. The van der Waals surface area contributed by atoms with Crippen LogP contribution in [0, 0.1) is 12.3 Å². The van der Waals surface area contributed by atoms with E-state index in [4.69, 9.17) is 11.1 Å². The normalized spacial score (nSPS) is 10.8. The number of aryl methyl sites for hydroxylation is 1. The summed E-state index contributed by atoms with van der Waals surface area (Å²) in [6.07, 6.45) is 2.09. The third-order valence-corrected chi connectivity index (χ3v) is 3.56. The maximum Gasteiger partial charge on any atom is 0.123 e. The average molecular weight is 263 g/mol. The molecule has 0 unspecified atom stereocenters. The van der Waals surface area contributed by atoms with Crippen molar-refractivity contribution in [2.24, 2.45) is 5.73 Å². The monoisotopic (exact) mass is 263 g/mol. The van der Waals surface area contributed by atoms with Crippen molar-refractivity contribution in [3.63, 3.8) is 0 Å². The molecule has 0 fully saturated rings. The fourth-order valence-corrected chi connectivity index (χ4v) is 2.49. The highest BCUT2D eigenvalue weighted by atomic mass is 16.3. The Morgan fingerprint density at radius 2 is 2.00 bits per heavy atom. The quantitative estimate of drug-likeness (QED) is 0.522. The van der Waals surface area contributed by atoms with Crippen LogP contribution in [-0.2, 0) is 0 Å². The van der Waals surface area contributed by atoms with Crippen molar-refractivity contribution < 1.29 is 5.11 Å². The van der Waals surface area contributed by atoms with Gasteiger partial charge >= 0.3 is 0 Å². The van der Waals surface area contributed by atoms with Gasteiger partial charge < -0.3 is 15.7 Å². The van der Waals surface area contributed by atoms with E-state index in [-0.39, 0.29) is 12.4 Å². The van der Waals surface area contributed by atoms with Crippen molar-refractivity contribution in [2.45, 2.75) is 39.7 Å². The van der Waals surface area contributed by atoms with E-state index in [0.717, 1.165) is 29.7 Å². The van der Waals surface area contributed by atoms with Crippen molar-refractivity contribution in [3.05, 3.63) is 29.3 Å². The SMILES string of the molecule is CCC(CC)N(CCO)c1ccc(C(=N)N)c(C)c1.